The second-order valence-corrected chi connectivity index (χ2v) is 18.3. The smallest absolute Gasteiger partial charge is 0.333 e. The molecule has 0 aliphatic carbocycles. The van der Waals surface area contributed by atoms with Crippen molar-refractivity contribution in [2.24, 2.45) is 0 Å². The predicted molar refractivity (Wildman–Crippen MR) is 246 cm³/mol. The van der Waals surface area contributed by atoms with Gasteiger partial charge in [-0.25, -0.2) is 0 Å². The summed E-state index contributed by atoms with van der Waals surface area (Å²) in [6, 6.07) is 61.9. The Labute approximate surface area is 336 Å². The molecule has 0 bridgehead atoms. The number of benzene rings is 8. The number of aromatic nitrogens is 1. The highest BCUT2D eigenvalue weighted by Gasteiger charge is 2.45. The molecule has 0 amide bonds. The Morgan fingerprint density at radius 2 is 1.04 bits per heavy atom. The number of anilines is 2. The van der Waals surface area contributed by atoms with Crippen molar-refractivity contribution in [3.63, 3.8) is 0 Å². The van der Waals surface area contributed by atoms with Gasteiger partial charge in [0.1, 0.15) is 0 Å². The lowest BCUT2D eigenvalue weighted by Gasteiger charge is -2.43. The summed E-state index contributed by atoms with van der Waals surface area (Å²) in [6.07, 6.45) is 0. The molecular formula is C54H45BN2. The second-order valence-electron chi connectivity index (χ2n) is 18.3. The van der Waals surface area contributed by atoms with E-state index in [9.17, 15) is 0 Å². The molecule has 0 radical (unpaired) electrons. The number of hydrogen-bond acceptors (Lipinski definition) is 1. The zero-order valence-electron chi connectivity index (χ0n) is 33.6. The number of rotatable bonds is 3. The zero-order valence-corrected chi connectivity index (χ0v) is 33.6. The molecule has 0 saturated carbocycles. The van der Waals surface area contributed by atoms with Gasteiger partial charge in [-0.15, -0.1) is 0 Å². The number of hydrogen-bond donors (Lipinski definition) is 0. The fourth-order valence-corrected chi connectivity index (χ4v) is 9.61. The van der Waals surface area contributed by atoms with Crippen LogP contribution in [-0.4, -0.2) is 11.4 Å². The van der Waals surface area contributed by atoms with Gasteiger partial charge >= 0.3 is 6.85 Å². The van der Waals surface area contributed by atoms with Crippen molar-refractivity contribution >= 4 is 61.7 Å². The van der Waals surface area contributed by atoms with Crippen LogP contribution in [0.2, 0.25) is 0 Å². The number of fused-ring (bicyclic) bond motifs is 8. The highest BCUT2D eigenvalue weighted by Crippen LogP contribution is 2.48. The van der Waals surface area contributed by atoms with Gasteiger partial charge in [-0.1, -0.05) is 151 Å². The van der Waals surface area contributed by atoms with Gasteiger partial charge in [-0.2, -0.15) is 0 Å². The van der Waals surface area contributed by atoms with Gasteiger partial charge in [-0.05, 0) is 126 Å². The van der Waals surface area contributed by atoms with Crippen LogP contribution in [-0.2, 0) is 10.8 Å². The maximum Gasteiger partial charge on any atom is 0.333 e. The predicted octanol–water partition coefficient (Wildman–Crippen LogP) is 13.1. The van der Waals surface area contributed by atoms with Gasteiger partial charge in [0.05, 0.1) is 11.0 Å². The van der Waals surface area contributed by atoms with E-state index in [0.29, 0.717) is 0 Å². The Hall–Kier alpha value is -6.32. The van der Waals surface area contributed by atoms with E-state index in [1.807, 2.05) is 0 Å². The molecule has 3 heterocycles. The summed E-state index contributed by atoms with van der Waals surface area (Å²) in [5, 5.41) is 5.16. The number of nitrogens with zero attached hydrogens (tertiary/aromatic N) is 2. The third-order valence-electron chi connectivity index (χ3n) is 12.6. The van der Waals surface area contributed by atoms with E-state index in [1.54, 1.807) is 0 Å². The zero-order chi connectivity index (χ0) is 38.8. The topological polar surface area (TPSA) is 8.17 Å². The summed E-state index contributed by atoms with van der Waals surface area (Å²) in [5.41, 5.74) is 19.2. The van der Waals surface area contributed by atoms with Crippen LogP contribution >= 0.6 is 0 Å². The fourth-order valence-electron chi connectivity index (χ4n) is 9.61. The average Bonchev–Trinajstić information content (AvgIpc) is 3.56. The summed E-state index contributed by atoms with van der Waals surface area (Å²) in [5.74, 6) is 0. The second kappa shape index (κ2) is 12.1. The summed E-state index contributed by atoms with van der Waals surface area (Å²) in [4.78, 5) is 2.66. The van der Waals surface area contributed by atoms with Gasteiger partial charge in [0.15, 0.2) is 0 Å². The van der Waals surface area contributed by atoms with Crippen molar-refractivity contribution in [1.29, 1.82) is 0 Å². The van der Waals surface area contributed by atoms with Gasteiger partial charge < -0.3 is 9.38 Å². The van der Waals surface area contributed by atoms with Crippen molar-refractivity contribution in [3.8, 4) is 39.1 Å². The van der Waals surface area contributed by atoms with Crippen LogP contribution in [0.5, 0.6) is 0 Å². The molecule has 0 atom stereocenters. The van der Waals surface area contributed by atoms with Gasteiger partial charge in [0, 0.05) is 33.4 Å². The SMILES string of the molecule is CC(C)(C)c1ccc2c(c1)c1cc(C(C)(C)C)cc3c1n2-c1cc(-c2ccccc2)cc2c1B3N(c1ccc(-c3ccccc3)cc1)c1cc3ccccc3cc1-2. The Bertz CT molecular complexity index is 3070. The Morgan fingerprint density at radius 1 is 0.439 bits per heavy atom. The van der Waals surface area contributed by atoms with Crippen molar-refractivity contribution in [2.75, 3.05) is 4.81 Å². The molecule has 274 valence electrons. The minimum Gasteiger partial charge on any atom is -0.376 e. The first-order valence-corrected chi connectivity index (χ1v) is 20.4. The van der Waals surface area contributed by atoms with E-state index >= 15 is 0 Å². The molecular weight excluding hydrogens is 687 g/mol. The van der Waals surface area contributed by atoms with E-state index < -0.39 is 0 Å². The standard InChI is InChI=1S/C54H45BN2/c1-53(2,3)40-23-26-48-44(31-40)46-32-41(54(4,5)6)33-47-52(46)56(48)50-30-39(35-17-11-8-12-18-35)28-45-43-27-37-19-13-14-20-38(37)29-49(43)57(55(47)51(45)50)42-24-21-36(22-25-42)34-15-9-7-10-16-34/h7-33H,1-6H3. The van der Waals surface area contributed by atoms with Crippen molar-refractivity contribution in [2.45, 2.75) is 52.4 Å². The highest BCUT2D eigenvalue weighted by molar-refractivity contribution is 6.93. The monoisotopic (exact) mass is 732 g/mol. The molecule has 1 aromatic heterocycles. The molecule has 2 nitrogen and oxygen atoms in total. The molecule has 2 aliphatic heterocycles. The maximum absolute atomic E-state index is 2.66. The third-order valence-corrected chi connectivity index (χ3v) is 12.6. The van der Waals surface area contributed by atoms with Gasteiger partial charge in [0.2, 0.25) is 0 Å². The van der Waals surface area contributed by atoms with E-state index in [2.05, 4.69) is 215 Å². The average molecular weight is 733 g/mol. The summed E-state index contributed by atoms with van der Waals surface area (Å²) < 4.78 is 2.61. The molecule has 0 saturated heterocycles. The van der Waals surface area contributed by atoms with Crippen LogP contribution in [0, 0.1) is 0 Å². The molecule has 57 heavy (non-hydrogen) atoms. The molecule has 11 rings (SSSR count). The Kier molecular flexibility index (Phi) is 7.21. The van der Waals surface area contributed by atoms with E-state index in [0.717, 1.165) is 0 Å². The van der Waals surface area contributed by atoms with Gasteiger partial charge in [0.25, 0.3) is 0 Å². The molecule has 9 aromatic rings. The third kappa shape index (κ3) is 5.18. The Balaban J connectivity index is 1.30. The first-order chi connectivity index (χ1) is 27.5. The van der Waals surface area contributed by atoms with Crippen LogP contribution in [0.1, 0.15) is 52.7 Å². The largest absolute Gasteiger partial charge is 0.376 e. The fraction of sp³-hybridized carbons (Fsp3) is 0.148. The van der Waals surface area contributed by atoms with E-state index in [1.165, 1.54) is 105 Å². The molecule has 0 spiro atoms. The molecule has 8 aromatic carbocycles. The van der Waals surface area contributed by atoms with Gasteiger partial charge in [-0.3, -0.25) is 0 Å². The minimum absolute atomic E-state index is 0.0244. The maximum atomic E-state index is 2.66. The van der Waals surface area contributed by atoms with E-state index in [4.69, 9.17) is 0 Å². The van der Waals surface area contributed by atoms with Crippen molar-refractivity contribution in [1.82, 2.24) is 4.57 Å². The first-order valence-electron chi connectivity index (χ1n) is 20.4. The summed E-state index contributed by atoms with van der Waals surface area (Å²) in [6.45, 7) is 14.0. The van der Waals surface area contributed by atoms with Crippen molar-refractivity contribution in [3.05, 3.63) is 175 Å². The lowest BCUT2D eigenvalue weighted by atomic mass is 9.43. The normalized spacial score (nSPS) is 13.4. The minimum atomic E-state index is -0.0558. The molecule has 0 unspecified atom stereocenters. The van der Waals surface area contributed by atoms with Crippen LogP contribution in [0.25, 0.3) is 71.6 Å². The highest BCUT2D eigenvalue weighted by atomic mass is 15.1. The summed E-state index contributed by atoms with van der Waals surface area (Å²) in [7, 11) is 0. The molecule has 0 N–H and O–H groups in total. The Morgan fingerprint density at radius 3 is 1.70 bits per heavy atom. The van der Waals surface area contributed by atoms with Crippen LogP contribution in [0.4, 0.5) is 11.4 Å². The van der Waals surface area contributed by atoms with E-state index in [-0.39, 0.29) is 17.7 Å². The van der Waals surface area contributed by atoms with Crippen molar-refractivity contribution < 1.29 is 0 Å². The van der Waals surface area contributed by atoms with Crippen LogP contribution in [0.3, 0.4) is 0 Å². The van der Waals surface area contributed by atoms with Crippen LogP contribution < -0.4 is 15.7 Å². The lowest BCUT2D eigenvalue weighted by Crippen LogP contribution is -2.60. The first kappa shape index (κ1) is 34.0. The summed E-state index contributed by atoms with van der Waals surface area (Å²) >= 11 is 0. The molecule has 0 fully saturated rings. The molecule has 2 aliphatic rings. The lowest BCUT2D eigenvalue weighted by molar-refractivity contribution is 0.590. The quantitative estimate of drug-likeness (QED) is 0.164. The van der Waals surface area contributed by atoms with Crippen LogP contribution in [0.15, 0.2) is 164 Å². The molecule has 3 heteroatoms.